The third-order valence-electron chi connectivity index (χ3n) is 4.27. The average molecular weight is 273 g/mol. The first kappa shape index (κ1) is 13.2. The first-order valence-electron chi connectivity index (χ1n) is 7.16. The molecule has 20 heavy (non-hydrogen) atoms. The molecule has 0 heterocycles. The van der Waals surface area contributed by atoms with Crippen molar-refractivity contribution in [2.75, 3.05) is 0 Å². The van der Waals surface area contributed by atoms with E-state index in [1.165, 1.54) is 5.56 Å². The van der Waals surface area contributed by atoms with Crippen LogP contribution in [-0.4, -0.2) is 17.0 Å². The Labute approximate surface area is 118 Å². The van der Waals surface area contributed by atoms with Crippen LogP contribution in [-0.2, 0) is 9.59 Å². The minimum atomic E-state index is -0.858. The molecule has 3 atom stereocenters. The Morgan fingerprint density at radius 2 is 1.85 bits per heavy atom. The van der Waals surface area contributed by atoms with Crippen molar-refractivity contribution in [1.29, 1.82) is 0 Å². The van der Waals surface area contributed by atoms with Gasteiger partial charge >= 0.3 is 5.97 Å². The fourth-order valence-corrected chi connectivity index (χ4v) is 2.69. The second-order valence-corrected chi connectivity index (χ2v) is 6.02. The summed E-state index contributed by atoms with van der Waals surface area (Å²) >= 11 is 0. The van der Waals surface area contributed by atoms with Crippen LogP contribution in [0.15, 0.2) is 24.3 Å². The summed E-state index contributed by atoms with van der Waals surface area (Å²) in [6.45, 7) is 2.04. The van der Waals surface area contributed by atoms with Crippen LogP contribution in [0, 0.1) is 24.7 Å². The van der Waals surface area contributed by atoms with Gasteiger partial charge in [0.05, 0.1) is 17.9 Å². The molecule has 1 aromatic carbocycles. The van der Waals surface area contributed by atoms with Crippen LogP contribution in [0.3, 0.4) is 0 Å². The third kappa shape index (κ3) is 2.69. The van der Waals surface area contributed by atoms with Crippen LogP contribution < -0.4 is 5.32 Å². The third-order valence-corrected chi connectivity index (χ3v) is 4.27. The van der Waals surface area contributed by atoms with E-state index in [1.807, 2.05) is 19.1 Å². The minimum Gasteiger partial charge on any atom is -0.481 e. The summed E-state index contributed by atoms with van der Waals surface area (Å²) in [7, 11) is 0. The highest BCUT2D eigenvalue weighted by Crippen LogP contribution is 2.43. The summed E-state index contributed by atoms with van der Waals surface area (Å²) in [5.74, 6) is -1.27. The van der Waals surface area contributed by atoms with Gasteiger partial charge in [0.25, 0.3) is 0 Å². The molecule has 0 bridgehead atoms. The maximum Gasteiger partial charge on any atom is 0.307 e. The summed E-state index contributed by atoms with van der Waals surface area (Å²) in [5, 5.41) is 12.0. The van der Waals surface area contributed by atoms with Crippen molar-refractivity contribution in [2.24, 2.45) is 17.8 Å². The van der Waals surface area contributed by atoms with Gasteiger partial charge in [0.1, 0.15) is 0 Å². The summed E-state index contributed by atoms with van der Waals surface area (Å²) in [6, 6.07) is 8.25. The lowest BCUT2D eigenvalue weighted by Gasteiger charge is -2.19. The van der Waals surface area contributed by atoms with Crippen LogP contribution in [0.5, 0.6) is 0 Å². The van der Waals surface area contributed by atoms with Crippen molar-refractivity contribution in [3.8, 4) is 0 Å². The predicted molar refractivity (Wildman–Crippen MR) is 74.0 cm³/mol. The quantitative estimate of drug-likeness (QED) is 0.865. The van der Waals surface area contributed by atoms with E-state index in [9.17, 15) is 9.59 Å². The molecule has 2 N–H and O–H groups in total. The Kier molecular flexibility index (Phi) is 3.24. The molecule has 0 aromatic heterocycles. The number of nitrogens with one attached hydrogen (secondary N) is 1. The Balaban J connectivity index is 1.68. The molecule has 106 valence electrons. The lowest BCUT2D eigenvalue weighted by molar-refractivity contribution is -0.140. The lowest BCUT2D eigenvalue weighted by atomic mass is 10.0. The SMILES string of the molecule is Cc1ccc(C(NC(=O)C2CC2C(=O)O)C2CC2)cc1. The number of carbonyl (C=O) groups is 2. The number of aliphatic carboxylic acids is 1. The maximum absolute atomic E-state index is 12.1. The van der Waals surface area contributed by atoms with Gasteiger partial charge in [-0.3, -0.25) is 9.59 Å². The van der Waals surface area contributed by atoms with Gasteiger partial charge in [0.2, 0.25) is 5.91 Å². The van der Waals surface area contributed by atoms with Crippen molar-refractivity contribution in [3.05, 3.63) is 35.4 Å². The van der Waals surface area contributed by atoms with Gasteiger partial charge in [-0.15, -0.1) is 0 Å². The molecule has 0 radical (unpaired) electrons. The van der Waals surface area contributed by atoms with Crippen molar-refractivity contribution < 1.29 is 14.7 Å². The molecule has 1 amide bonds. The Bertz CT molecular complexity index is 533. The second kappa shape index (κ2) is 4.93. The van der Waals surface area contributed by atoms with Crippen LogP contribution in [0.4, 0.5) is 0 Å². The molecule has 3 rings (SSSR count). The topological polar surface area (TPSA) is 66.4 Å². The number of carboxylic acid groups (broad SMARTS) is 1. The molecular weight excluding hydrogens is 254 g/mol. The number of aryl methyl sites for hydroxylation is 1. The summed E-state index contributed by atoms with van der Waals surface area (Å²) < 4.78 is 0. The number of amides is 1. The number of carbonyl (C=O) groups excluding carboxylic acids is 1. The van der Waals surface area contributed by atoms with E-state index in [-0.39, 0.29) is 17.9 Å². The van der Waals surface area contributed by atoms with Gasteiger partial charge in [-0.05, 0) is 37.7 Å². The predicted octanol–water partition coefficient (Wildman–Crippen LogP) is 2.28. The molecule has 0 aliphatic heterocycles. The van der Waals surface area contributed by atoms with Gasteiger partial charge in [-0.1, -0.05) is 29.8 Å². The van der Waals surface area contributed by atoms with Crippen molar-refractivity contribution in [1.82, 2.24) is 5.32 Å². The first-order chi connectivity index (χ1) is 9.56. The number of benzene rings is 1. The van der Waals surface area contributed by atoms with Crippen LogP contribution in [0.1, 0.15) is 36.4 Å². The largest absolute Gasteiger partial charge is 0.481 e. The van der Waals surface area contributed by atoms with E-state index in [0.29, 0.717) is 12.3 Å². The standard InChI is InChI=1S/C16H19NO3/c1-9-2-4-10(5-3-9)14(11-6-7-11)17-15(18)12-8-13(12)16(19)20/h2-5,11-14H,6-8H2,1H3,(H,17,18)(H,19,20). The van der Waals surface area contributed by atoms with E-state index in [0.717, 1.165) is 18.4 Å². The zero-order valence-corrected chi connectivity index (χ0v) is 11.5. The minimum absolute atomic E-state index is 0.0399. The fourth-order valence-electron chi connectivity index (χ4n) is 2.69. The molecule has 2 fully saturated rings. The smallest absolute Gasteiger partial charge is 0.307 e. The van der Waals surface area contributed by atoms with E-state index in [2.05, 4.69) is 17.4 Å². The van der Waals surface area contributed by atoms with Gasteiger partial charge < -0.3 is 10.4 Å². The highest BCUT2D eigenvalue weighted by Gasteiger charge is 2.49. The normalized spacial score (nSPS) is 25.9. The van der Waals surface area contributed by atoms with Gasteiger partial charge in [0.15, 0.2) is 0 Å². The highest BCUT2D eigenvalue weighted by molar-refractivity contribution is 5.89. The van der Waals surface area contributed by atoms with Gasteiger partial charge in [-0.25, -0.2) is 0 Å². The zero-order chi connectivity index (χ0) is 14.3. The Morgan fingerprint density at radius 3 is 2.35 bits per heavy atom. The summed E-state index contributed by atoms with van der Waals surface area (Å²) in [4.78, 5) is 23.0. The summed E-state index contributed by atoms with van der Waals surface area (Å²) in [6.07, 6.45) is 2.74. The van der Waals surface area contributed by atoms with Crippen LogP contribution in [0.25, 0.3) is 0 Å². The van der Waals surface area contributed by atoms with E-state index in [1.54, 1.807) is 0 Å². The molecule has 1 aromatic rings. The van der Waals surface area contributed by atoms with E-state index >= 15 is 0 Å². The zero-order valence-electron chi connectivity index (χ0n) is 11.5. The van der Waals surface area contributed by atoms with Crippen molar-refractivity contribution in [2.45, 2.75) is 32.2 Å². The van der Waals surface area contributed by atoms with Crippen LogP contribution >= 0.6 is 0 Å². The summed E-state index contributed by atoms with van der Waals surface area (Å²) in [5.41, 5.74) is 2.32. The number of carboxylic acids is 1. The molecule has 3 unspecified atom stereocenters. The highest BCUT2D eigenvalue weighted by atomic mass is 16.4. The van der Waals surface area contributed by atoms with Crippen molar-refractivity contribution in [3.63, 3.8) is 0 Å². The average Bonchev–Trinajstić information content (AvgIpc) is 3.28. The molecule has 2 saturated carbocycles. The molecule has 4 heteroatoms. The number of hydrogen-bond donors (Lipinski definition) is 2. The Morgan fingerprint density at radius 1 is 1.20 bits per heavy atom. The van der Waals surface area contributed by atoms with Gasteiger partial charge in [-0.2, -0.15) is 0 Å². The van der Waals surface area contributed by atoms with Gasteiger partial charge in [0, 0.05) is 0 Å². The molecule has 2 aliphatic carbocycles. The molecule has 2 aliphatic rings. The Hall–Kier alpha value is -1.84. The van der Waals surface area contributed by atoms with E-state index in [4.69, 9.17) is 5.11 Å². The monoisotopic (exact) mass is 273 g/mol. The fraction of sp³-hybridized carbons (Fsp3) is 0.500. The van der Waals surface area contributed by atoms with E-state index < -0.39 is 11.9 Å². The molecule has 4 nitrogen and oxygen atoms in total. The number of hydrogen-bond acceptors (Lipinski definition) is 2. The maximum atomic E-state index is 12.1. The molecule has 0 spiro atoms. The molecule has 0 saturated heterocycles. The lowest BCUT2D eigenvalue weighted by Crippen LogP contribution is -2.32. The van der Waals surface area contributed by atoms with Crippen LogP contribution in [0.2, 0.25) is 0 Å². The van der Waals surface area contributed by atoms with Crippen molar-refractivity contribution >= 4 is 11.9 Å². The first-order valence-corrected chi connectivity index (χ1v) is 7.16. The molecular formula is C16H19NO3. The number of rotatable bonds is 5. The second-order valence-electron chi connectivity index (χ2n) is 6.02.